The van der Waals surface area contributed by atoms with Crippen molar-refractivity contribution in [1.82, 2.24) is 5.32 Å². The number of thiophene rings is 1. The van der Waals surface area contributed by atoms with E-state index < -0.39 is 0 Å². The number of nitrogens with one attached hydrogen (secondary N) is 1. The van der Waals surface area contributed by atoms with Crippen molar-refractivity contribution in [2.24, 2.45) is 0 Å². The maximum atomic E-state index is 5.03. The van der Waals surface area contributed by atoms with Gasteiger partial charge in [-0.2, -0.15) is 0 Å². The standard InChI is InChI=1S/C11H16BrNOS/c1-3-14-6-4-5-13-8-10-7-11(12)9(2)15-10/h3,7,13H,1,4-6,8H2,2H3. The zero-order valence-corrected chi connectivity index (χ0v) is 11.3. The molecule has 0 aliphatic rings. The van der Waals surface area contributed by atoms with Gasteiger partial charge in [-0.3, -0.25) is 0 Å². The topological polar surface area (TPSA) is 21.3 Å². The Balaban J connectivity index is 2.12. The molecule has 1 aromatic rings. The minimum absolute atomic E-state index is 0.740. The molecule has 2 nitrogen and oxygen atoms in total. The van der Waals surface area contributed by atoms with Gasteiger partial charge in [0.2, 0.25) is 0 Å². The van der Waals surface area contributed by atoms with E-state index >= 15 is 0 Å². The van der Waals surface area contributed by atoms with Gasteiger partial charge in [0.25, 0.3) is 0 Å². The zero-order chi connectivity index (χ0) is 11.1. The molecular formula is C11H16BrNOS. The molecule has 0 saturated carbocycles. The largest absolute Gasteiger partial charge is 0.502 e. The van der Waals surface area contributed by atoms with Gasteiger partial charge in [-0.25, -0.2) is 0 Å². The summed E-state index contributed by atoms with van der Waals surface area (Å²) in [6, 6.07) is 2.17. The molecule has 0 aliphatic carbocycles. The fourth-order valence-corrected chi connectivity index (χ4v) is 2.75. The third-order valence-corrected chi connectivity index (χ3v) is 4.08. The van der Waals surface area contributed by atoms with Crippen LogP contribution >= 0.6 is 27.3 Å². The molecule has 0 aromatic carbocycles. The lowest BCUT2D eigenvalue weighted by Gasteiger charge is -2.02. The quantitative estimate of drug-likeness (QED) is 0.613. The summed E-state index contributed by atoms with van der Waals surface area (Å²) >= 11 is 5.34. The molecule has 0 bridgehead atoms. The molecule has 0 spiro atoms. The van der Waals surface area contributed by atoms with Crippen LogP contribution in [0.3, 0.4) is 0 Å². The summed E-state index contributed by atoms with van der Waals surface area (Å²) in [6.07, 6.45) is 2.50. The Bertz CT molecular complexity index is 292. The highest BCUT2D eigenvalue weighted by molar-refractivity contribution is 9.10. The van der Waals surface area contributed by atoms with Gasteiger partial charge in [0.1, 0.15) is 0 Å². The van der Waals surface area contributed by atoms with Crippen LogP contribution in [0.1, 0.15) is 16.2 Å². The second-order valence-corrected chi connectivity index (χ2v) is 5.38. The second-order valence-electron chi connectivity index (χ2n) is 3.18. The summed E-state index contributed by atoms with van der Waals surface area (Å²) in [7, 11) is 0. The first-order chi connectivity index (χ1) is 7.24. The van der Waals surface area contributed by atoms with Gasteiger partial charge >= 0.3 is 0 Å². The predicted octanol–water partition coefficient (Wildman–Crippen LogP) is 3.46. The molecule has 0 atom stereocenters. The minimum Gasteiger partial charge on any atom is -0.502 e. The Labute approximate surface area is 103 Å². The molecule has 0 radical (unpaired) electrons. The molecular weight excluding hydrogens is 274 g/mol. The third-order valence-electron chi connectivity index (χ3n) is 1.94. The Hall–Kier alpha value is -0.320. The van der Waals surface area contributed by atoms with E-state index in [1.807, 2.05) is 11.3 Å². The fourth-order valence-electron chi connectivity index (χ4n) is 1.18. The fraction of sp³-hybridized carbons (Fsp3) is 0.455. The van der Waals surface area contributed by atoms with E-state index in [1.165, 1.54) is 20.5 Å². The number of hydrogen-bond donors (Lipinski definition) is 1. The van der Waals surface area contributed by atoms with Crippen molar-refractivity contribution in [3.8, 4) is 0 Å². The smallest absolute Gasteiger partial charge is 0.0885 e. The molecule has 0 unspecified atom stereocenters. The molecule has 0 aliphatic heterocycles. The van der Waals surface area contributed by atoms with Crippen molar-refractivity contribution < 1.29 is 4.74 Å². The van der Waals surface area contributed by atoms with Gasteiger partial charge < -0.3 is 10.1 Å². The van der Waals surface area contributed by atoms with Gasteiger partial charge in [0, 0.05) is 20.8 Å². The summed E-state index contributed by atoms with van der Waals surface area (Å²) < 4.78 is 6.24. The normalized spacial score (nSPS) is 10.3. The van der Waals surface area contributed by atoms with Crippen molar-refractivity contribution in [3.05, 3.63) is 33.1 Å². The van der Waals surface area contributed by atoms with Crippen LogP contribution in [0.25, 0.3) is 0 Å². The van der Waals surface area contributed by atoms with Crippen LogP contribution in [0, 0.1) is 6.92 Å². The zero-order valence-electron chi connectivity index (χ0n) is 8.88. The summed E-state index contributed by atoms with van der Waals surface area (Å²) in [5.74, 6) is 0. The van der Waals surface area contributed by atoms with Crippen LogP contribution < -0.4 is 5.32 Å². The molecule has 1 heterocycles. The molecule has 0 saturated heterocycles. The molecule has 4 heteroatoms. The maximum Gasteiger partial charge on any atom is 0.0885 e. The van der Waals surface area contributed by atoms with Gasteiger partial charge in [0.15, 0.2) is 0 Å². The Morgan fingerprint density at radius 3 is 3.07 bits per heavy atom. The van der Waals surface area contributed by atoms with Crippen molar-refractivity contribution in [1.29, 1.82) is 0 Å². The number of rotatable bonds is 7. The average Bonchev–Trinajstić information content (AvgIpc) is 2.52. The number of halogens is 1. The van der Waals surface area contributed by atoms with E-state index in [-0.39, 0.29) is 0 Å². The first-order valence-electron chi connectivity index (χ1n) is 4.92. The summed E-state index contributed by atoms with van der Waals surface area (Å²) in [5, 5.41) is 3.38. The van der Waals surface area contributed by atoms with E-state index in [4.69, 9.17) is 4.74 Å². The third kappa shape index (κ3) is 4.82. The first-order valence-corrected chi connectivity index (χ1v) is 6.53. The molecule has 1 aromatic heterocycles. The number of hydrogen-bond acceptors (Lipinski definition) is 3. The number of ether oxygens (including phenoxy) is 1. The highest BCUT2D eigenvalue weighted by Crippen LogP contribution is 2.25. The molecule has 0 fully saturated rings. The van der Waals surface area contributed by atoms with Crippen molar-refractivity contribution in [3.63, 3.8) is 0 Å². The van der Waals surface area contributed by atoms with E-state index in [9.17, 15) is 0 Å². The molecule has 1 N–H and O–H groups in total. The molecule has 1 rings (SSSR count). The van der Waals surface area contributed by atoms with Crippen molar-refractivity contribution >= 4 is 27.3 Å². The Kier molecular flexibility index (Phi) is 5.98. The van der Waals surface area contributed by atoms with Crippen LogP contribution in [-0.4, -0.2) is 13.2 Å². The lowest BCUT2D eigenvalue weighted by atomic mass is 10.4. The van der Waals surface area contributed by atoms with Gasteiger partial charge in [-0.15, -0.1) is 11.3 Å². The van der Waals surface area contributed by atoms with Crippen molar-refractivity contribution in [2.45, 2.75) is 19.9 Å². The summed E-state index contributed by atoms with van der Waals surface area (Å²) in [6.45, 7) is 8.26. The molecule has 0 amide bonds. The van der Waals surface area contributed by atoms with Gasteiger partial charge in [-0.1, -0.05) is 6.58 Å². The predicted molar refractivity (Wildman–Crippen MR) is 69.2 cm³/mol. The Morgan fingerprint density at radius 1 is 1.67 bits per heavy atom. The highest BCUT2D eigenvalue weighted by atomic mass is 79.9. The maximum absolute atomic E-state index is 5.03. The summed E-state index contributed by atoms with van der Waals surface area (Å²) in [5.41, 5.74) is 0. The lowest BCUT2D eigenvalue weighted by Crippen LogP contribution is -2.15. The minimum atomic E-state index is 0.740. The SMILES string of the molecule is C=COCCCNCc1cc(Br)c(C)s1. The first kappa shape index (κ1) is 12.7. The van der Waals surface area contributed by atoms with E-state index in [0.717, 1.165) is 26.1 Å². The van der Waals surface area contributed by atoms with Crippen molar-refractivity contribution in [2.75, 3.05) is 13.2 Å². The number of aryl methyl sites for hydroxylation is 1. The van der Waals surface area contributed by atoms with E-state index in [2.05, 4.69) is 40.8 Å². The average molecular weight is 290 g/mol. The van der Waals surface area contributed by atoms with Crippen LogP contribution in [0.15, 0.2) is 23.4 Å². The van der Waals surface area contributed by atoms with Crippen LogP contribution in [0.5, 0.6) is 0 Å². The van der Waals surface area contributed by atoms with Gasteiger partial charge in [0.05, 0.1) is 12.9 Å². The van der Waals surface area contributed by atoms with Crippen LogP contribution in [0.4, 0.5) is 0 Å². The van der Waals surface area contributed by atoms with Gasteiger partial charge in [-0.05, 0) is 41.9 Å². The lowest BCUT2D eigenvalue weighted by molar-refractivity contribution is 0.244. The second kappa shape index (κ2) is 7.04. The van der Waals surface area contributed by atoms with E-state index in [1.54, 1.807) is 0 Å². The monoisotopic (exact) mass is 289 g/mol. The van der Waals surface area contributed by atoms with E-state index in [0.29, 0.717) is 0 Å². The van der Waals surface area contributed by atoms with Crippen LogP contribution in [0.2, 0.25) is 0 Å². The summed E-state index contributed by atoms with van der Waals surface area (Å²) in [4.78, 5) is 2.70. The molecule has 15 heavy (non-hydrogen) atoms. The molecule has 84 valence electrons. The highest BCUT2D eigenvalue weighted by Gasteiger charge is 2.01. The Morgan fingerprint density at radius 2 is 2.47 bits per heavy atom. The van der Waals surface area contributed by atoms with Crippen LogP contribution in [-0.2, 0) is 11.3 Å².